The zero-order valence-electron chi connectivity index (χ0n) is 14.6. The predicted octanol–water partition coefficient (Wildman–Crippen LogP) is 1.65. The van der Waals surface area contributed by atoms with E-state index in [1.807, 2.05) is 36.4 Å². The van der Waals surface area contributed by atoms with Gasteiger partial charge in [0.05, 0.1) is 29.2 Å². The number of aromatic nitrogens is 2. The van der Waals surface area contributed by atoms with Crippen molar-refractivity contribution in [3.05, 3.63) is 66.0 Å². The maximum Gasteiger partial charge on any atom is 0.271 e. The number of hydrogen-bond acceptors (Lipinski definition) is 5. The Morgan fingerprint density at radius 2 is 1.67 bits per heavy atom. The number of nitriles is 1. The Hall–Kier alpha value is -3.96. The molecular formula is C19H18N6O2. The van der Waals surface area contributed by atoms with Crippen molar-refractivity contribution in [1.82, 2.24) is 9.78 Å². The minimum Gasteiger partial charge on any atom is -0.364 e. The van der Waals surface area contributed by atoms with Gasteiger partial charge in [0, 0.05) is 0 Å². The molecule has 27 heavy (non-hydrogen) atoms. The summed E-state index contributed by atoms with van der Waals surface area (Å²) in [5.74, 6) is -0.725. The fourth-order valence-corrected chi connectivity index (χ4v) is 2.40. The summed E-state index contributed by atoms with van der Waals surface area (Å²) in [5, 5.41) is 15.4. The van der Waals surface area contributed by atoms with E-state index in [1.165, 1.54) is 17.9 Å². The number of anilines is 1. The van der Waals surface area contributed by atoms with Crippen molar-refractivity contribution < 1.29 is 9.59 Å². The number of hydrogen-bond donors (Lipinski definition) is 3. The van der Waals surface area contributed by atoms with Gasteiger partial charge in [0.2, 0.25) is 6.41 Å². The van der Waals surface area contributed by atoms with Crippen LogP contribution in [0.15, 0.2) is 54.7 Å². The van der Waals surface area contributed by atoms with Crippen LogP contribution in [0.4, 0.5) is 5.69 Å². The molecule has 136 valence electrons. The number of nitrogens with one attached hydrogen (secondary N) is 1. The van der Waals surface area contributed by atoms with E-state index in [-0.39, 0.29) is 11.4 Å². The summed E-state index contributed by atoms with van der Waals surface area (Å²) in [7, 11) is 1.50. The summed E-state index contributed by atoms with van der Waals surface area (Å²) < 4.78 is 1.47. The highest BCUT2D eigenvalue weighted by atomic mass is 16.1. The van der Waals surface area contributed by atoms with Gasteiger partial charge in [-0.25, -0.2) is 4.68 Å². The second kappa shape index (κ2) is 8.94. The van der Waals surface area contributed by atoms with Crippen LogP contribution in [0.2, 0.25) is 0 Å². The zero-order chi connectivity index (χ0) is 19.8. The van der Waals surface area contributed by atoms with Crippen molar-refractivity contribution in [2.24, 2.45) is 11.5 Å². The third kappa shape index (κ3) is 4.36. The fourth-order valence-electron chi connectivity index (χ4n) is 2.40. The van der Waals surface area contributed by atoms with Crippen molar-refractivity contribution in [1.29, 1.82) is 5.26 Å². The molecule has 0 saturated heterocycles. The number of rotatable bonds is 5. The normalized spacial score (nSPS) is 9.52. The van der Waals surface area contributed by atoms with E-state index >= 15 is 0 Å². The number of carbonyl (C=O) groups is 2. The third-order valence-corrected chi connectivity index (χ3v) is 3.64. The molecular weight excluding hydrogens is 344 g/mol. The third-order valence-electron chi connectivity index (χ3n) is 3.64. The van der Waals surface area contributed by atoms with Crippen LogP contribution < -0.4 is 16.8 Å². The topological polar surface area (TPSA) is 140 Å². The number of nitrogens with zero attached hydrogens (tertiary/aromatic N) is 3. The Bertz CT molecular complexity index is 969. The van der Waals surface area contributed by atoms with E-state index in [2.05, 4.69) is 22.2 Å². The summed E-state index contributed by atoms with van der Waals surface area (Å²) in [6, 6.07) is 16.8. The second-order valence-electron chi connectivity index (χ2n) is 5.20. The molecule has 0 aliphatic carbocycles. The van der Waals surface area contributed by atoms with Gasteiger partial charge in [-0.3, -0.25) is 9.59 Å². The summed E-state index contributed by atoms with van der Waals surface area (Å²) >= 11 is 0. The van der Waals surface area contributed by atoms with E-state index in [4.69, 9.17) is 11.0 Å². The highest BCUT2D eigenvalue weighted by Crippen LogP contribution is 2.22. The van der Waals surface area contributed by atoms with Gasteiger partial charge in [-0.2, -0.15) is 10.4 Å². The molecule has 0 aliphatic rings. The van der Waals surface area contributed by atoms with Crippen LogP contribution >= 0.6 is 0 Å². The average Bonchev–Trinajstić information content (AvgIpc) is 3.14. The minimum absolute atomic E-state index is 0.0109. The van der Waals surface area contributed by atoms with Crippen molar-refractivity contribution in [3.8, 4) is 22.9 Å². The second-order valence-corrected chi connectivity index (χ2v) is 5.20. The number of primary amides is 1. The lowest BCUT2D eigenvalue weighted by Gasteiger charge is -2.05. The lowest BCUT2D eigenvalue weighted by molar-refractivity contribution is -0.105. The number of nitrogens with two attached hydrogens (primary N) is 2. The molecule has 0 spiro atoms. The van der Waals surface area contributed by atoms with Gasteiger partial charge in [-0.1, -0.05) is 24.3 Å². The van der Waals surface area contributed by atoms with Crippen molar-refractivity contribution in [2.75, 3.05) is 12.4 Å². The van der Waals surface area contributed by atoms with Gasteiger partial charge in [0.25, 0.3) is 5.91 Å². The van der Waals surface area contributed by atoms with E-state index in [1.54, 1.807) is 12.1 Å². The van der Waals surface area contributed by atoms with Gasteiger partial charge in [0.15, 0.2) is 5.69 Å². The van der Waals surface area contributed by atoms with Crippen LogP contribution in [-0.2, 0) is 4.79 Å². The van der Waals surface area contributed by atoms with Gasteiger partial charge in [-0.15, -0.1) is 0 Å². The Balaban J connectivity index is 0.00000126. The molecule has 0 saturated carbocycles. The molecule has 8 heteroatoms. The van der Waals surface area contributed by atoms with Crippen molar-refractivity contribution >= 4 is 18.0 Å². The largest absolute Gasteiger partial charge is 0.364 e. The Kier molecular flexibility index (Phi) is 6.41. The van der Waals surface area contributed by atoms with E-state index in [0.717, 1.165) is 11.1 Å². The SMILES string of the molecule is CN.N#Cc1ccc(-c2ccc(-n3cc(NC=O)c(C(N)=O)n3)cc2)cc1. The van der Waals surface area contributed by atoms with Gasteiger partial charge in [-0.05, 0) is 42.4 Å². The quantitative estimate of drug-likeness (QED) is 0.592. The van der Waals surface area contributed by atoms with E-state index < -0.39 is 5.91 Å². The summed E-state index contributed by atoms with van der Waals surface area (Å²) in [6.07, 6.45) is 1.98. The molecule has 0 fully saturated rings. The average molecular weight is 362 g/mol. The lowest BCUT2D eigenvalue weighted by Crippen LogP contribution is -2.14. The smallest absolute Gasteiger partial charge is 0.271 e. The maximum absolute atomic E-state index is 11.4. The maximum atomic E-state index is 11.4. The van der Waals surface area contributed by atoms with Crippen LogP contribution in [0.25, 0.3) is 16.8 Å². The number of benzene rings is 2. The Labute approximate surface area is 156 Å². The van der Waals surface area contributed by atoms with Crippen LogP contribution in [0.1, 0.15) is 16.1 Å². The highest BCUT2D eigenvalue weighted by Gasteiger charge is 2.14. The molecule has 0 aliphatic heterocycles. The van der Waals surface area contributed by atoms with E-state index in [9.17, 15) is 9.59 Å². The predicted molar refractivity (Wildman–Crippen MR) is 102 cm³/mol. The highest BCUT2D eigenvalue weighted by molar-refractivity contribution is 5.98. The number of carbonyl (C=O) groups excluding carboxylic acids is 2. The molecule has 1 aromatic heterocycles. The fraction of sp³-hybridized carbons (Fsp3) is 0.0526. The first-order valence-corrected chi connectivity index (χ1v) is 7.90. The number of amides is 2. The van der Waals surface area contributed by atoms with Crippen LogP contribution in [0.3, 0.4) is 0 Å². The van der Waals surface area contributed by atoms with Gasteiger partial charge in [0.1, 0.15) is 0 Å². The summed E-state index contributed by atoms with van der Waals surface area (Å²) in [5.41, 5.74) is 13.3. The first kappa shape index (κ1) is 19.4. The molecule has 1 heterocycles. The van der Waals surface area contributed by atoms with Crippen molar-refractivity contribution in [3.63, 3.8) is 0 Å². The van der Waals surface area contributed by atoms with Crippen LogP contribution in [0.5, 0.6) is 0 Å². The van der Waals surface area contributed by atoms with Crippen LogP contribution in [0, 0.1) is 11.3 Å². The zero-order valence-corrected chi connectivity index (χ0v) is 14.6. The molecule has 0 atom stereocenters. The van der Waals surface area contributed by atoms with Gasteiger partial charge >= 0.3 is 0 Å². The molecule has 0 bridgehead atoms. The lowest BCUT2D eigenvalue weighted by atomic mass is 10.0. The minimum atomic E-state index is -0.725. The molecule has 0 unspecified atom stereocenters. The molecule has 3 aromatic rings. The molecule has 3 rings (SSSR count). The first-order valence-electron chi connectivity index (χ1n) is 7.90. The monoisotopic (exact) mass is 362 g/mol. The molecule has 5 N–H and O–H groups in total. The molecule has 8 nitrogen and oxygen atoms in total. The Morgan fingerprint density at radius 1 is 1.11 bits per heavy atom. The summed E-state index contributed by atoms with van der Waals surface area (Å²) in [4.78, 5) is 22.0. The molecule has 2 amide bonds. The van der Waals surface area contributed by atoms with E-state index in [0.29, 0.717) is 17.7 Å². The first-order chi connectivity index (χ1) is 13.1. The van der Waals surface area contributed by atoms with Crippen molar-refractivity contribution in [2.45, 2.75) is 0 Å². The molecule has 0 radical (unpaired) electrons. The Morgan fingerprint density at radius 3 is 2.15 bits per heavy atom. The standard InChI is InChI=1S/C18H13N5O2.CH5N/c19-9-12-1-3-13(4-2-12)14-5-7-15(8-6-14)23-10-16(21-11-24)17(22-23)18(20)25;1-2/h1-8,10-11H,(H2,20,25)(H,21,24);2H2,1H3. The summed E-state index contributed by atoms with van der Waals surface area (Å²) in [6.45, 7) is 0. The molecule has 2 aromatic carbocycles. The van der Waals surface area contributed by atoms with Gasteiger partial charge < -0.3 is 16.8 Å². The van der Waals surface area contributed by atoms with Crippen LogP contribution in [-0.4, -0.2) is 29.1 Å².